The summed E-state index contributed by atoms with van der Waals surface area (Å²) in [4.78, 5) is 33.9. The van der Waals surface area contributed by atoms with Gasteiger partial charge in [-0.3, -0.25) is 9.59 Å². The molecule has 0 fully saturated rings. The first kappa shape index (κ1) is 14.1. The molecule has 0 saturated heterocycles. The summed E-state index contributed by atoms with van der Waals surface area (Å²) in [6.45, 7) is -0.616. The van der Waals surface area contributed by atoms with Crippen LogP contribution < -0.4 is 10.9 Å². The fourth-order valence-corrected chi connectivity index (χ4v) is 2.04. The Hall–Kier alpha value is -2.35. The number of aromatic hydroxyl groups is 1. The maximum atomic E-state index is 11.9. The van der Waals surface area contributed by atoms with Gasteiger partial charge in [0, 0.05) is 9.86 Å². The van der Waals surface area contributed by atoms with Gasteiger partial charge in [-0.2, -0.15) is 0 Å². The first-order valence-corrected chi connectivity index (χ1v) is 6.14. The van der Waals surface area contributed by atoms with Crippen molar-refractivity contribution in [2.45, 2.75) is 0 Å². The van der Waals surface area contributed by atoms with E-state index < -0.39 is 30.0 Å². The zero-order valence-electron chi connectivity index (χ0n) is 9.84. The van der Waals surface area contributed by atoms with Gasteiger partial charge in [-0.15, -0.1) is 0 Å². The number of carboxylic acid groups (broad SMARTS) is 1. The smallest absolute Gasteiger partial charge is 0.346 e. The van der Waals surface area contributed by atoms with Gasteiger partial charge in [-0.05, 0) is 12.1 Å². The molecule has 8 heteroatoms. The molecule has 2 rings (SSSR count). The lowest BCUT2D eigenvalue weighted by Gasteiger charge is -2.07. The van der Waals surface area contributed by atoms with Crippen LogP contribution in [-0.2, 0) is 4.79 Å². The lowest BCUT2D eigenvalue weighted by atomic mass is 10.1. The second-order valence-electron chi connectivity index (χ2n) is 3.84. The molecule has 0 aliphatic heterocycles. The molecule has 104 valence electrons. The zero-order chi connectivity index (χ0) is 14.9. The van der Waals surface area contributed by atoms with Crippen molar-refractivity contribution in [1.29, 1.82) is 0 Å². The predicted molar refractivity (Wildman–Crippen MR) is 71.8 cm³/mol. The summed E-state index contributed by atoms with van der Waals surface area (Å²) < 4.78 is 5.17. The van der Waals surface area contributed by atoms with E-state index in [4.69, 9.17) is 5.11 Å². The molecule has 0 bridgehead atoms. The van der Waals surface area contributed by atoms with E-state index in [-0.39, 0.29) is 16.3 Å². The minimum atomic E-state index is -1.23. The molecule has 0 aliphatic rings. The number of aliphatic carboxylic acids is 1. The highest BCUT2D eigenvalue weighted by Crippen LogP contribution is 2.26. The number of carbonyl (C=O) groups excluding carboxylic acids is 1. The van der Waals surface area contributed by atoms with Crippen LogP contribution in [0.2, 0.25) is 0 Å². The highest BCUT2D eigenvalue weighted by Gasteiger charge is 2.20. The Morgan fingerprint density at radius 2 is 2.00 bits per heavy atom. The summed E-state index contributed by atoms with van der Waals surface area (Å²) >= 11 is 3.18. The summed E-state index contributed by atoms with van der Waals surface area (Å²) in [6.07, 6.45) is 0. The van der Waals surface area contributed by atoms with Gasteiger partial charge in [0.05, 0.1) is 5.39 Å². The van der Waals surface area contributed by atoms with Crippen LogP contribution in [0.15, 0.2) is 31.9 Å². The van der Waals surface area contributed by atoms with Gasteiger partial charge < -0.3 is 19.9 Å². The van der Waals surface area contributed by atoms with Gasteiger partial charge in [0.15, 0.2) is 0 Å². The largest absolute Gasteiger partial charge is 0.480 e. The van der Waals surface area contributed by atoms with Crippen molar-refractivity contribution in [1.82, 2.24) is 5.32 Å². The molecule has 1 heterocycles. The molecular weight excluding hydrogens is 334 g/mol. The van der Waals surface area contributed by atoms with E-state index in [0.717, 1.165) is 0 Å². The predicted octanol–water partition coefficient (Wildman–Crippen LogP) is 1.08. The van der Waals surface area contributed by atoms with Gasteiger partial charge in [-0.1, -0.05) is 22.0 Å². The van der Waals surface area contributed by atoms with Crippen molar-refractivity contribution in [2.75, 3.05) is 6.54 Å². The molecule has 0 saturated carbocycles. The number of benzene rings is 1. The number of carboxylic acids is 1. The third kappa shape index (κ3) is 2.64. The third-order valence-electron chi connectivity index (χ3n) is 2.50. The van der Waals surface area contributed by atoms with E-state index in [9.17, 15) is 19.5 Å². The fraction of sp³-hybridized carbons (Fsp3) is 0.0833. The van der Waals surface area contributed by atoms with Crippen LogP contribution in [0.5, 0.6) is 5.95 Å². The van der Waals surface area contributed by atoms with Crippen molar-refractivity contribution in [3.05, 3.63) is 38.7 Å². The standard InChI is InChI=1S/C12H8BrNO6/c13-5-1-2-6-7(3-5)11(18)20-12(19)9(6)10(17)14-4-8(15)16/h1-3,19H,4H2,(H,14,17)(H,15,16). The van der Waals surface area contributed by atoms with Crippen LogP contribution in [-0.4, -0.2) is 28.6 Å². The van der Waals surface area contributed by atoms with E-state index >= 15 is 0 Å². The molecule has 3 N–H and O–H groups in total. The van der Waals surface area contributed by atoms with Crippen molar-refractivity contribution >= 4 is 38.6 Å². The van der Waals surface area contributed by atoms with Gasteiger partial charge in [0.25, 0.3) is 11.9 Å². The molecule has 1 aromatic carbocycles. The van der Waals surface area contributed by atoms with Crippen molar-refractivity contribution in [2.24, 2.45) is 0 Å². The topological polar surface area (TPSA) is 117 Å². The Kier molecular flexibility index (Phi) is 3.75. The molecular formula is C12H8BrNO6. The second kappa shape index (κ2) is 5.33. The minimum Gasteiger partial charge on any atom is -0.480 e. The molecule has 0 unspecified atom stereocenters. The monoisotopic (exact) mass is 341 g/mol. The number of carbonyl (C=O) groups is 2. The summed E-state index contributed by atoms with van der Waals surface area (Å²) in [7, 11) is 0. The van der Waals surface area contributed by atoms with Crippen LogP contribution in [0.3, 0.4) is 0 Å². The van der Waals surface area contributed by atoms with Crippen LogP contribution in [0, 0.1) is 0 Å². The third-order valence-corrected chi connectivity index (χ3v) is 2.99. The second-order valence-corrected chi connectivity index (χ2v) is 4.75. The molecule has 20 heavy (non-hydrogen) atoms. The minimum absolute atomic E-state index is 0.0950. The normalized spacial score (nSPS) is 10.4. The maximum Gasteiger partial charge on any atom is 0.346 e. The molecule has 7 nitrogen and oxygen atoms in total. The van der Waals surface area contributed by atoms with E-state index in [0.29, 0.717) is 4.47 Å². The van der Waals surface area contributed by atoms with Gasteiger partial charge >= 0.3 is 11.6 Å². The summed E-state index contributed by atoms with van der Waals surface area (Å²) in [5.41, 5.74) is -1.08. The molecule has 0 radical (unpaired) electrons. The molecule has 0 spiro atoms. The Balaban J connectivity index is 2.60. The number of nitrogens with one attached hydrogen (secondary N) is 1. The van der Waals surface area contributed by atoms with E-state index in [1.807, 2.05) is 0 Å². The number of amides is 1. The summed E-state index contributed by atoms with van der Waals surface area (Å²) in [5.74, 6) is -2.93. The van der Waals surface area contributed by atoms with Crippen LogP contribution in [0.25, 0.3) is 10.8 Å². The van der Waals surface area contributed by atoms with Crippen molar-refractivity contribution < 1.29 is 24.2 Å². The van der Waals surface area contributed by atoms with Crippen molar-refractivity contribution in [3.63, 3.8) is 0 Å². The average molecular weight is 342 g/mol. The SMILES string of the molecule is O=C(O)CNC(=O)c1c(O)oc(=O)c2cc(Br)ccc12. The number of rotatable bonds is 3. The van der Waals surface area contributed by atoms with Gasteiger partial charge in [-0.25, -0.2) is 4.79 Å². The maximum absolute atomic E-state index is 11.9. The number of hydrogen-bond donors (Lipinski definition) is 3. The van der Waals surface area contributed by atoms with Crippen LogP contribution in [0.1, 0.15) is 10.4 Å². The van der Waals surface area contributed by atoms with Crippen molar-refractivity contribution in [3.8, 4) is 5.95 Å². The Morgan fingerprint density at radius 3 is 2.65 bits per heavy atom. The molecule has 1 aromatic heterocycles. The molecule has 0 atom stereocenters. The Bertz CT molecular complexity index is 766. The Morgan fingerprint density at radius 1 is 1.30 bits per heavy atom. The number of hydrogen-bond acceptors (Lipinski definition) is 5. The first-order chi connectivity index (χ1) is 9.40. The number of halogens is 1. The van der Waals surface area contributed by atoms with E-state index in [1.54, 1.807) is 6.07 Å². The molecule has 1 amide bonds. The summed E-state index contributed by atoms with van der Waals surface area (Å²) in [6, 6.07) is 4.47. The lowest BCUT2D eigenvalue weighted by molar-refractivity contribution is -0.135. The van der Waals surface area contributed by atoms with E-state index in [1.165, 1.54) is 12.1 Å². The zero-order valence-corrected chi connectivity index (χ0v) is 11.4. The first-order valence-electron chi connectivity index (χ1n) is 5.35. The summed E-state index contributed by atoms with van der Waals surface area (Å²) in [5, 5.41) is 20.5. The van der Waals surface area contributed by atoms with Gasteiger partial charge in [0.2, 0.25) is 0 Å². The van der Waals surface area contributed by atoms with E-state index in [2.05, 4.69) is 25.7 Å². The highest BCUT2D eigenvalue weighted by atomic mass is 79.9. The highest BCUT2D eigenvalue weighted by molar-refractivity contribution is 9.10. The fourth-order valence-electron chi connectivity index (χ4n) is 1.68. The number of fused-ring (bicyclic) bond motifs is 1. The lowest BCUT2D eigenvalue weighted by Crippen LogP contribution is -2.29. The van der Waals surface area contributed by atoms with Crippen LogP contribution in [0.4, 0.5) is 0 Å². The Labute approximate surface area is 120 Å². The molecule has 2 aromatic rings. The average Bonchev–Trinajstić information content (AvgIpc) is 2.37. The molecule has 0 aliphatic carbocycles. The van der Waals surface area contributed by atoms with Gasteiger partial charge in [0.1, 0.15) is 12.1 Å². The van der Waals surface area contributed by atoms with Crippen LogP contribution >= 0.6 is 15.9 Å². The quantitative estimate of drug-likeness (QED) is 0.768.